The zero-order chi connectivity index (χ0) is 14.8. The molecule has 2 atom stereocenters. The number of aromatic hydroxyl groups is 1. The molecule has 0 amide bonds. The van der Waals surface area contributed by atoms with Crippen molar-refractivity contribution in [3.05, 3.63) is 29.3 Å². The maximum atomic E-state index is 12.5. The number of aliphatic hydroxyl groups is 2. The quantitative estimate of drug-likeness (QED) is 0.666. The summed E-state index contributed by atoms with van der Waals surface area (Å²) in [4.78, 5) is 10.3. The Balaban J connectivity index is 3.08. The lowest BCUT2D eigenvalue weighted by atomic mass is 9.99. The molecule has 0 fully saturated rings. The minimum atomic E-state index is -4.68. The molecule has 0 saturated heterocycles. The predicted molar refractivity (Wildman–Crippen MR) is 56.3 cm³/mol. The summed E-state index contributed by atoms with van der Waals surface area (Å²) in [5.41, 5.74) is -1.70. The fourth-order valence-corrected chi connectivity index (χ4v) is 1.47. The molecule has 4 N–H and O–H groups in total. The van der Waals surface area contributed by atoms with Crippen LogP contribution in [0.1, 0.15) is 23.7 Å². The van der Waals surface area contributed by atoms with Gasteiger partial charge in [-0.05, 0) is 18.2 Å². The number of rotatable bonds is 4. The second kappa shape index (κ2) is 5.45. The minimum absolute atomic E-state index is 0.463. The average molecular weight is 280 g/mol. The molecule has 2 unspecified atom stereocenters. The molecule has 0 heterocycles. The molecule has 0 aliphatic carbocycles. The molecule has 0 spiro atoms. The van der Waals surface area contributed by atoms with E-state index >= 15 is 0 Å². The number of aliphatic carboxylic acids is 1. The molecule has 19 heavy (non-hydrogen) atoms. The Kier molecular flexibility index (Phi) is 4.38. The first-order valence-corrected chi connectivity index (χ1v) is 5.11. The highest BCUT2D eigenvalue weighted by molar-refractivity contribution is 5.67. The summed E-state index contributed by atoms with van der Waals surface area (Å²) in [5.74, 6) is -2.09. The lowest BCUT2D eigenvalue weighted by Crippen LogP contribution is -2.22. The first-order chi connectivity index (χ1) is 8.62. The van der Waals surface area contributed by atoms with Crippen LogP contribution in [0.2, 0.25) is 0 Å². The van der Waals surface area contributed by atoms with Gasteiger partial charge >= 0.3 is 12.1 Å². The molecule has 1 rings (SSSR count). The van der Waals surface area contributed by atoms with Gasteiger partial charge in [-0.15, -0.1) is 0 Å². The van der Waals surface area contributed by atoms with Crippen molar-refractivity contribution >= 4 is 5.97 Å². The lowest BCUT2D eigenvalue weighted by molar-refractivity contribution is -0.141. The van der Waals surface area contributed by atoms with Crippen molar-refractivity contribution in [2.24, 2.45) is 0 Å². The average Bonchev–Trinajstić information content (AvgIpc) is 2.26. The maximum Gasteiger partial charge on any atom is 0.416 e. The Bertz CT molecular complexity index is 472. The van der Waals surface area contributed by atoms with Crippen LogP contribution in [0.15, 0.2) is 18.2 Å². The fraction of sp³-hybridized carbons (Fsp3) is 0.364. The Morgan fingerprint density at radius 3 is 2.32 bits per heavy atom. The molecule has 0 bridgehead atoms. The molecule has 0 radical (unpaired) electrons. The van der Waals surface area contributed by atoms with E-state index in [4.69, 9.17) is 5.11 Å². The van der Waals surface area contributed by atoms with Gasteiger partial charge in [0.2, 0.25) is 0 Å². The number of carboxylic acids is 1. The zero-order valence-corrected chi connectivity index (χ0v) is 9.42. The van der Waals surface area contributed by atoms with Crippen LogP contribution in [-0.2, 0) is 11.0 Å². The van der Waals surface area contributed by atoms with Gasteiger partial charge in [0.25, 0.3) is 0 Å². The number of hydrogen-bond donors (Lipinski definition) is 4. The van der Waals surface area contributed by atoms with Gasteiger partial charge < -0.3 is 20.4 Å². The van der Waals surface area contributed by atoms with Crippen LogP contribution in [0.4, 0.5) is 13.2 Å². The predicted octanol–water partition coefficient (Wildman–Crippen LogP) is 1.28. The van der Waals surface area contributed by atoms with Crippen molar-refractivity contribution in [2.75, 3.05) is 0 Å². The van der Waals surface area contributed by atoms with Crippen LogP contribution < -0.4 is 0 Å². The molecular weight excluding hydrogens is 269 g/mol. The molecule has 8 heteroatoms. The van der Waals surface area contributed by atoms with Gasteiger partial charge in [0.15, 0.2) is 0 Å². The SMILES string of the molecule is O=C(O)CC(O)C(O)c1cc(C(F)(F)F)ccc1O. The summed E-state index contributed by atoms with van der Waals surface area (Å²) >= 11 is 0. The summed E-state index contributed by atoms with van der Waals surface area (Å²) in [6.07, 6.45) is -9.30. The van der Waals surface area contributed by atoms with Crippen molar-refractivity contribution in [2.45, 2.75) is 24.8 Å². The van der Waals surface area contributed by atoms with Gasteiger partial charge in [-0.1, -0.05) is 0 Å². The van der Waals surface area contributed by atoms with Gasteiger partial charge in [-0.25, -0.2) is 0 Å². The van der Waals surface area contributed by atoms with E-state index in [1.807, 2.05) is 0 Å². The topological polar surface area (TPSA) is 98.0 Å². The number of phenolic OH excluding ortho intramolecular Hbond substituents is 1. The van der Waals surface area contributed by atoms with Crippen molar-refractivity contribution in [3.63, 3.8) is 0 Å². The van der Waals surface area contributed by atoms with Gasteiger partial charge in [0.1, 0.15) is 11.9 Å². The standard InChI is InChI=1S/C11H11F3O5/c12-11(13,14)5-1-2-7(15)6(3-5)10(19)8(16)4-9(17)18/h1-3,8,10,15-16,19H,4H2,(H,17,18). The number of benzene rings is 1. The molecule has 0 aliphatic heterocycles. The van der Waals surface area contributed by atoms with Gasteiger partial charge in [-0.2, -0.15) is 13.2 Å². The van der Waals surface area contributed by atoms with Crippen molar-refractivity contribution < 1.29 is 38.4 Å². The Hall–Kier alpha value is -1.80. The Morgan fingerprint density at radius 2 is 1.84 bits per heavy atom. The van der Waals surface area contributed by atoms with Crippen molar-refractivity contribution in [1.29, 1.82) is 0 Å². The first-order valence-electron chi connectivity index (χ1n) is 5.11. The molecule has 0 saturated carbocycles. The van der Waals surface area contributed by atoms with E-state index in [2.05, 4.69) is 0 Å². The number of hydrogen-bond acceptors (Lipinski definition) is 4. The third-order valence-corrected chi connectivity index (χ3v) is 2.42. The number of phenols is 1. The van der Waals surface area contributed by atoms with Crippen LogP contribution in [-0.4, -0.2) is 32.5 Å². The Morgan fingerprint density at radius 1 is 1.26 bits per heavy atom. The first kappa shape index (κ1) is 15.3. The number of aliphatic hydroxyl groups excluding tert-OH is 2. The van der Waals surface area contributed by atoms with E-state index < -0.39 is 47.7 Å². The maximum absolute atomic E-state index is 12.5. The molecule has 1 aromatic rings. The minimum Gasteiger partial charge on any atom is -0.508 e. The number of halogens is 3. The molecule has 1 aromatic carbocycles. The highest BCUT2D eigenvalue weighted by Gasteiger charge is 2.33. The van der Waals surface area contributed by atoms with Crippen LogP contribution in [0.3, 0.4) is 0 Å². The number of carbonyl (C=O) groups is 1. The smallest absolute Gasteiger partial charge is 0.416 e. The van der Waals surface area contributed by atoms with Crippen LogP contribution >= 0.6 is 0 Å². The summed E-state index contributed by atoms with van der Waals surface area (Å²) in [6, 6.07) is 1.79. The third-order valence-electron chi connectivity index (χ3n) is 2.42. The van der Waals surface area contributed by atoms with Crippen LogP contribution in [0.25, 0.3) is 0 Å². The van der Waals surface area contributed by atoms with Gasteiger partial charge in [-0.3, -0.25) is 4.79 Å². The van der Waals surface area contributed by atoms with E-state index in [-0.39, 0.29) is 0 Å². The van der Waals surface area contributed by atoms with Crippen molar-refractivity contribution in [3.8, 4) is 5.75 Å². The number of carboxylic acid groups (broad SMARTS) is 1. The second-order valence-corrected chi connectivity index (χ2v) is 3.88. The van der Waals surface area contributed by atoms with E-state index in [1.165, 1.54) is 0 Å². The molecule has 0 aliphatic rings. The summed E-state index contributed by atoms with van der Waals surface area (Å²) in [5, 5.41) is 36.7. The van der Waals surface area contributed by atoms with Crippen molar-refractivity contribution in [1.82, 2.24) is 0 Å². The van der Waals surface area contributed by atoms with Gasteiger partial charge in [0.05, 0.1) is 18.1 Å². The largest absolute Gasteiger partial charge is 0.508 e. The zero-order valence-electron chi connectivity index (χ0n) is 9.42. The molecule has 0 aromatic heterocycles. The number of alkyl halides is 3. The third kappa shape index (κ3) is 3.83. The van der Waals surface area contributed by atoms with E-state index in [0.717, 1.165) is 6.07 Å². The van der Waals surface area contributed by atoms with Crippen LogP contribution in [0.5, 0.6) is 5.75 Å². The summed E-state index contributed by atoms with van der Waals surface area (Å²) < 4.78 is 37.4. The Labute approximate surface area is 105 Å². The van der Waals surface area contributed by atoms with Gasteiger partial charge in [0, 0.05) is 5.56 Å². The molecular formula is C11H11F3O5. The summed E-state index contributed by atoms with van der Waals surface area (Å²) in [6.45, 7) is 0. The monoisotopic (exact) mass is 280 g/mol. The van der Waals surface area contributed by atoms with E-state index in [1.54, 1.807) is 0 Å². The molecule has 106 valence electrons. The van der Waals surface area contributed by atoms with Crippen LogP contribution in [0, 0.1) is 0 Å². The second-order valence-electron chi connectivity index (χ2n) is 3.88. The highest BCUT2D eigenvalue weighted by atomic mass is 19.4. The lowest BCUT2D eigenvalue weighted by Gasteiger charge is -2.19. The van der Waals surface area contributed by atoms with E-state index in [0.29, 0.717) is 12.1 Å². The highest BCUT2D eigenvalue weighted by Crippen LogP contribution is 2.35. The molecule has 5 nitrogen and oxygen atoms in total. The van der Waals surface area contributed by atoms with E-state index in [9.17, 15) is 33.3 Å². The summed E-state index contributed by atoms with van der Waals surface area (Å²) in [7, 11) is 0. The normalized spacial score (nSPS) is 15.0. The fourth-order valence-electron chi connectivity index (χ4n) is 1.47.